The number of aliphatic hydroxyl groups excluding tert-OH is 1. The number of carbonyl (C=O) groups is 1. The van der Waals surface area contributed by atoms with Gasteiger partial charge in [-0.15, -0.1) is 0 Å². The third kappa shape index (κ3) is 6.03. The Morgan fingerprint density at radius 3 is 2.71 bits per heavy atom. The molecular weight excluding hydrogens is 212 g/mol. The Kier molecular flexibility index (Phi) is 6.26. The third-order valence-corrected chi connectivity index (χ3v) is 2.56. The van der Waals surface area contributed by atoms with E-state index in [-0.39, 0.29) is 12.2 Å². The molecule has 0 amide bonds. The lowest BCUT2D eigenvalue weighted by atomic mass is 10.1. The van der Waals surface area contributed by atoms with Crippen LogP contribution in [0.2, 0.25) is 0 Å². The van der Waals surface area contributed by atoms with Crippen LogP contribution in [-0.4, -0.2) is 17.0 Å². The van der Waals surface area contributed by atoms with Crippen molar-refractivity contribution in [2.45, 2.75) is 38.7 Å². The van der Waals surface area contributed by atoms with E-state index in [4.69, 9.17) is 0 Å². The first-order valence-corrected chi connectivity index (χ1v) is 6.15. The maximum atomic E-state index is 11.4. The van der Waals surface area contributed by atoms with Gasteiger partial charge >= 0.3 is 0 Å². The fourth-order valence-electron chi connectivity index (χ4n) is 1.56. The molecule has 0 fully saturated rings. The second kappa shape index (κ2) is 7.80. The molecule has 0 aliphatic rings. The maximum absolute atomic E-state index is 11.4. The summed E-state index contributed by atoms with van der Waals surface area (Å²) in [4.78, 5) is 11.4. The van der Waals surface area contributed by atoms with Gasteiger partial charge in [0.25, 0.3) is 0 Å². The number of hydrogen-bond donors (Lipinski definition) is 1. The minimum Gasteiger partial charge on any atom is -0.389 e. The topological polar surface area (TPSA) is 37.3 Å². The molecule has 0 radical (unpaired) electrons. The smallest absolute Gasteiger partial charge is 0.135 e. The Labute approximate surface area is 103 Å². The summed E-state index contributed by atoms with van der Waals surface area (Å²) in [6.07, 6.45) is 5.59. The molecule has 92 valence electrons. The highest BCUT2D eigenvalue weighted by atomic mass is 16.3. The zero-order valence-electron chi connectivity index (χ0n) is 10.3. The minimum atomic E-state index is -0.667. The van der Waals surface area contributed by atoms with E-state index in [0.717, 1.165) is 18.4 Å². The van der Waals surface area contributed by atoms with Crippen molar-refractivity contribution in [3.05, 3.63) is 42.0 Å². The van der Waals surface area contributed by atoms with E-state index in [1.165, 1.54) is 0 Å². The molecule has 1 aromatic carbocycles. The van der Waals surface area contributed by atoms with Gasteiger partial charge in [0.1, 0.15) is 5.78 Å². The standard InChI is InChI=1S/C15H20O2/c1-2-3-9-14(16)12-15(17)11-10-13-7-5-4-6-8-13/h4-8,10-11,15,17H,2-3,9,12H2,1H3/b11-10+. The van der Waals surface area contributed by atoms with Crippen LogP contribution in [0.25, 0.3) is 6.08 Å². The Hall–Kier alpha value is -1.41. The maximum Gasteiger partial charge on any atom is 0.135 e. The molecule has 1 unspecified atom stereocenters. The lowest BCUT2D eigenvalue weighted by Gasteiger charge is -2.04. The summed E-state index contributed by atoms with van der Waals surface area (Å²) in [5, 5.41) is 9.67. The van der Waals surface area contributed by atoms with Gasteiger partial charge in [0.2, 0.25) is 0 Å². The molecule has 2 nitrogen and oxygen atoms in total. The summed E-state index contributed by atoms with van der Waals surface area (Å²) in [7, 11) is 0. The summed E-state index contributed by atoms with van der Waals surface area (Å²) in [5.41, 5.74) is 1.03. The van der Waals surface area contributed by atoms with Gasteiger partial charge in [0.15, 0.2) is 0 Å². The van der Waals surface area contributed by atoms with Crippen LogP contribution in [0.5, 0.6) is 0 Å². The lowest BCUT2D eigenvalue weighted by molar-refractivity contribution is -0.120. The van der Waals surface area contributed by atoms with E-state index in [0.29, 0.717) is 6.42 Å². The Morgan fingerprint density at radius 2 is 2.06 bits per heavy atom. The molecule has 17 heavy (non-hydrogen) atoms. The number of Topliss-reactive ketones (excluding diaryl/α,β-unsaturated/α-hetero) is 1. The van der Waals surface area contributed by atoms with Crippen molar-refractivity contribution in [2.24, 2.45) is 0 Å². The van der Waals surface area contributed by atoms with E-state index in [2.05, 4.69) is 6.92 Å². The molecule has 1 rings (SSSR count). The van der Waals surface area contributed by atoms with Crippen molar-refractivity contribution >= 4 is 11.9 Å². The monoisotopic (exact) mass is 232 g/mol. The number of ketones is 1. The highest BCUT2D eigenvalue weighted by Crippen LogP contribution is 2.06. The van der Waals surface area contributed by atoms with Gasteiger partial charge in [-0.3, -0.25) is 4.79 Å². The summed E-state index contributed by atoms with van der Waals surface area (Å²) < 4.78 is 0. The van der Waals surface area contributed by atoms with Gasteiger partial charge in [-0.25, -0.2) is 0 Å². The van der Waals surface area contributed by atoms with Crippen molar-refractivity contribution in [3.63, 3.8) is 0 Å². The van der Waals surface area contributed by atoms with Gasteiger partial charge in [-0.1, -0.05) is 55.8 Å². The third-order valence-electron chi connectivity index (χ3n) is 2.56. The van der Waals surface area contributed by atoms with E-state index >= 15 is 0 Å². The zero-order valence-corrected chi connectivity index (χ0v) is 10.3. The molecule has 1 aromatic rings. The quantitative estimate of drug-likeness (QED) is 0.783. The van der Waals surface area contributed by atoms with Crippen molar-refractivity contribution in [3.8, 4) is 0 Å². The van der Waals surface area contributed by atoms with Crippen LogP contribution < -0.4 is 0 Å². The molecule has 0 saturated heterocycles. The van der Waals surface area contributed by atoms with Gasteiger partial charge in [0.05, 0.1) is 6.10 Å². The van der Waals surface area contributed by atoms with E-state index in [1.807, 2.05) is 36.4 Å². The molecule has 0 spiro atoms. The molecule has 0 saturated carbocycles. The number of carbonyl (C=O) groups excluding carboxylic acids is 1. The summed E-state index contributed by atoms with van der Waals surface area (Å²) in [6.45, 7) is 2.05. The van der Waals surface area contributed by atoms with E-state index in [1.54, 1.807) is 6.08 Å². The molecule has 0 bridgehead atoms. The van der Waals surface area contributed by atoms with Crippen molar-refractivity contribution in [1.29, 1.82) is 0 Å². The fraction of sp³-hybridized carbons (Fsp3) is 0.400. The lowest BCUT2D eigenvalue weighted by Crippen LogP contribution is -2.10. The predicted molar refractivity (Wildman–Crippen MR) is 70.6 cm³/mol. The molecule has 0 aliphatic carbocycles. The molecule has 0 aliphatic heterocycles. The van der Waals surface area contributed by atoms with E-state index in [9.17, 15) is 9.90 Å². The Morgan fingerprint density at radius 1 is 1.35 bits per heavy atom. The molecule has 1 atom stereocenters. The SMILES string of the molecule is CCCCC(=O)CC(O)/C=C/c1ccccc1. The largest absolute Gasteiger partial charge is 0.389 e. The first-order chi connectivity index (χ1) is 8.22. The Bertz CT molecular complexity index is 354. The summed E-state index contributed by atoms with van der Waals surface area (Å²) in [6, 6.07) is 9.75. The van der Waals surface area contributed by atoms with Crippen LogP contribution in [0.4, 0.5) is 0 Å². The average Bonchev–Trinajstić information content (AvgIpc) is 2.35. The second-order valence-electron chi connectivity index (χ2n) is 4.18. The molecule has 0 heterocycles. The fourth-order valence-corrected chi connectivity index (χ4v) is 1.56. The Balaban J connectivity index is 2.36. The van der Waals surface area contributed by atoms with Gasteiger partial charge in [0, 0.05) is 12.8 Å². The van der Waals surface area contributed by atoms with Crippen LogP contribution >= 0.6 is 0 Å². The molecule has 1 N–H and O–H groups in total. The van der Waals surface area contributed by atoms with Crippen LogP contribution in [0.1, 0.15) is 38.2 Å². The van der Waals surface area contributed by atoms with Crippen LogP contribution in [0.3, 0.4) is 0 Å². The van der Waals surface area contributed by atoms with Crippen LogP contribution in [0, 0.1) is 0 Å². The number of benzene rings is 1. The number of rotatable bonds is 7. The first kappa shape index (κ1) is 13.7. The second-order valence-corrected chi connectivity index (χ2v) is 4.18. The highest BCUT2D eigenvalue weighted by molar-refractivity contribution is 5.79. The van der Waals surface area contributed by atoms with Crippen molar-refractivity contribution in [2.75, 3.05) is 0 Å². The van der Waals surface area contributed by atoms with Crippen LogP contribution in [-0.2, 0) is 4.79 Å². The average molecular weight is 232 g/mol. The number of aliphatic hydroxyl groups is 1. The minimum absolute atomic E-state index is 0.136. The number of unbranched alkanes of at least 4 members (excludes halogenated alkanes) is 1. The predicted octanol–water partition coefficient (Wildman–Crippen LogP) is 3.21. The zero-order chi connectivity index (χ0) is 12.5. The molecular formula is C15H20O2. The van der Waals surface area contributed by atoms with Crippen LogP contribution in [0.15, 0.2) is 36.4 Å². The van der Waals surface area contributed by atoms with Crippen molar-refractivity contribution in [1.82, 2.24) is 0 Å². The molecule has 2 heteroatoms. The van der Waals surface area contributed by atoms with Crippen molar-refractivity contribution < 1.29 is 9.90 Å². The summed E-state index contributed by atoms with van der Waals surface area (Å²) >= 11 is 0. The number of hydrogen-bond acceptors (Lipinski definition) is 2. The highest BCUT2D eigenvalue weighted by Gasteiger charge is 2.06. The molecule has 0 aromatic heterocycles. The summed E-state index contributed by atoms with van der Waals surface area (Å²) in [5.74, 6) is 0.136. The van der Waals surface area contributed by atoms with E-state index < -0.39 is 6.10 Å². The van der Waals surface area contributed by atoms with Gasteiger partial charge in [-0.2, -0.15) is 0 Å². The van der Waals surface area contributed by atoms with Gasteiger partial charge in [-0.05, 0) is 12.0 Å². The first-order valence-electron chi connectivity index (χ1n) is 6.15. The van der Waals surface area contributed by atoms with Gasteiger partial charge < -0.3 is 5.11 Å². The normalized spacial score (nSPS) is 12.8.